The zero-order chi connectivity index (χ0) is 9.80. The van der Waals surface area contributed by atoms with Gasteiger partial charge in [0.2, 0.25) is 0 Å². The molecule has 0 spiro atoms. The van der Waals surface area contributed by atoms with E-state index in [0.717, 1.165) is 28.3 Å². The second-order valence-electron chi connectivity index (χ2n) is 2.84. The van der Waals surface area contributed by atoms with Gasteiger partial charge in [-0.15, -0.1) is 0 Å². The topological polar surface area (TPSA) is 28.7 Å². The van der Waals surface area contributed by atoms with E-state index in [1.165, 1.54) is 0 Å². The van der Waals surface area contributed by atoms with Gasteiger partial charge in [-0.25, -0.2) is 4.98 Å². The third kappa shape index (κ3) is 1.80. The molecule has 0 aromatic carbocycles. The lowest BCUT2D eigenvalue weighted by Gasteiger charge is -1.86. The van der Waals surface area contributed by atoms with Crippen LogP contribution in [0.5, 0.6) is 0 Å². The largest absolute Gasteiger partial charge is 0.345 e. The summed E-state index contributed by atoms with van der Waals surface area (Å²) in [6.45, 7) is 0. The van der Waals surface area contributed by atoms with Gasteiger partial charge in [-0.1, -0.05) is 27.8 Å². The van der Waals surface area contributed by atoms with Gasteiger partial charge in [-0.3, -0.25) is 0 Å². The van der Waals surface area contributed by atoms with E-state index in [4.69, 9.17) is 0 Å². The van der Waals surface area contributed by atoms with Crippen molar-refractivity contribution in [3.05, 3.63) is 30.1 Å². The molecule has 2 aromatic rings. The van der Waals surface area contributed by atoms with E-state index >= 15 is 0 Å². The van der Waals surface area contributed by atoms with Crippen molar-refractivity contribution in [1.82, 2.24) is 9.97 Å². The van der Waals surface area contributed by atoms with Crippen LogP contribution in [0.25, 0.3) is 11.0 Å². The molecule has 0 aliphatic rings. The Balaban J connectivity index is 2.40. The number of halogens is 1. The predicted octanol–water partition coefficient (Wildman–Crippen LogP) is 2.70. The number of aromatic amines is 1. The Bertz CT molecular complexity index is 490. The molecule has 0 bridgehead atoms. The van der Waals surface area contributed by atoms with E-state index in [-0.39, 0.29) is 0 Å². The lowest BCUT2D eigenvalue weighted by atomic mass is 10.2. The molecule has 70 valence electrons. The molecule has 1 N–H and O–H groups in total. The fourth-order valence-electron chi connectivity index (χ4n) is 1.26. The number of hydrogen-bond donors (Lipinski definition) is 1. The molecule has 0 aliphatic carbocycles. The van der Waals surface area contributed by atoms with Gasteiger partial charge in [0.05, 0.1) is 5.56 Å². The van der Waals surface area contributed by atoms with Gasteiger partial charge in [0.15, 0.2) is 0 Å². The fraction of sp³-hybridized carbons (Fsp3) is 0.182. The van der Waals surface area contributed by atoms with Crippen molar-refractivity contribution in [2.24, 2.45) is 0 Å². The molecule has 0 unspecified atom stereocenters. The van der Waals surface area contributed by atoms with Gasteiger partial charge in [-0.05, 0) is 12.1 Å². The Morgan fingerprint density at radius 3 is 3.29 bits per heavy atom. The van der Waals surface area contributed by atoms with Crippen LogP contribution < -0.4 is 0 Å². The number of alkyl halides is 1. The number of H-pyrrole nitrogens is 1. The van der Waals surface area contributed by atoms with E-state index in [1.807, 2.05) is 18.3 Å². The summed E-state index contributed by atoms with van der Waals surface area (Å²) in [4.78, 5) is 7.29. The van der Waals surface area contributed by atoms with Gasteiger partial charge in [0, 0.05) is 29.5 Å². The highest BCUT2D eigenvalue weighted by atomic mass is 79.9. The Kier molecular flexibility index (Phi) is 2.85. The van der Waals surface area contributed by atoms with Crippen LogP contribution in [-0.4, -0.2) is 15.3 Å². The minimum atomic E-state index is 0.868. The Morgan fingerprint density at radius 2 is 2.43 bits per heavy atom. The highest BCUT2D eigenvalue weighted by Gasteiger charge is 1.99. The first-order valence-corrected chi connectivity index (χ1v) is 5.51. The smallest absolute Gasteiger partial charge is 0.138 e. The zero-order valence-electron chi connectivity index (χ0n) is 7.55. The summed E-state index contributed by atoms with van der Waals surface area (Å²) in [6.07, 6.45) is 4.54. The molecule has 0 saturated heterocycles. The van der Waals surface area contributed by atoms with Crippen LogP contribution in [0.15, 0.2) is 24.5 Å². The van der Waals surface area contributed by atoms with Gasteiger partial charge in [0.1, 0.15) is 5.65 Å². The number of rotatable bonds is 1. The van der Waals surface area contributed by atoms with Crippen LogP contribution in [-0.2, 0) is 0 Å². The van der Waals surface area contributed by atoms with Crippen LogP contribution in [0, 0.1) is 11.8 Å². The van der Waals surface area contributed by atoms with Crippen molar-refractivity contribution in [3.63, 3.8) is 0 Å². The second kappa shape index (κ2) is 4.30. The van der Waals surface area contributed by atoms with Crippen LogP contribution in [0.2, 0.25) is 0 Å². The molecule has 2 heterocycles. The maximum Gasteiger partial charge on any atom is 0.138 e. The highest BCUT2D eigenvalue weighted by Crippen LogP contribution is 2.13. The average Bonchev–Trinajstić information content (AvgIpc) is 2.63. The van der Waals surface area contributed by atoms with Crippen LogP contribution in [0.1, 0.15) is 12.0 Å². The first-order chi connectivity index (χ1) is 6.92. The van der Waals surface area contributed by atoms with E-state index in [2.05, 4.69) is 37.7 Å². The van der Waals surface area contributed by atoms with Crippen LogP contribution in [0.4, 0.5) is 0 Å². The highest BCUT2D eigenvalue weighted by molar-refractivity contribution is 9.09. The molecule has 0 saturated carbocycles. The lowest BCUT2D eigenvalue weighted by molar-refractivity contribution is 1.32. The van der Waals surface area contributed by atoms with E-state index in [1.54, 1.807) is 6.20 Å². The number of hydrogen-bond acceptors (Lipinski definition) is 1. The third-order valence-electron chi connectivity index (χ3n) is 1.89. The normalized spacial score (nSPS) is 9.79. The number of fused-ring (bicyclic) bond motifs is 1. The van der Waals surface area contributed by atoms with E-state index < -0.39 is 0 Å². The van der Waals surface area contributed by atoms with Gasteiger partial charge < -0.3 is 4.98 Å². The summed E-state index contributed by atoms with van der Waals surface area (Å²) in [5, 5.41) is 2.01. The molecule has 2 nitrogen and oxygen atoms in total. The van der Waals surface area contributed by atoms with Crippen molar-refractivity contribution in [2.45, 2.75) is 6.42 Å². The average molecular weight is 249 g/mol. The Morgan fingerprint density at radius 1 is 1.50 bits per heavy atom. The molecule has 0 aliphatic heterocycles. The molecule has 14 heavy (non-hydrogen) atoms. The molecule has 3 heteroatoms. The maximum absolute atomic E-state index is 4.20. The molecule has 0 fully saturated rings. The van der Waals surface area contributed by atoms with Gasteiger partial charge >= 0.3 is 0 Å². The molecule has 2 aromatic heterocycles. The first kappa shape index (κ1) is 9.29. The zero-order valence-corrected chi connectivity index (χ0v) is 9.13. The minimum Gasteiger partial charge on any atom is -0.345 e. The van der Waals surface area contributed by atoms with Crippen molar-refractivity contribution in [2.75, 3.05) is 5.33 Å². The van der Waals surface area contributed by atoms with Crippen LogP contribution in [0.3, 0.4) is 0 Å². The summed E-state index contributed by atoms with van der Waals surface area (Å²) >= 11 is 3.34. The van der Waals surface area contributed by atoms with Crippen molar-refractivity contribution >= 4 is 27.0 Å². The summed E-state index contributed by atoms with van der Waals surface area (Å²) in [6, 6.07) is 3.95. The van der Waals surface area contributed by atoms with Crippen molar-refractivity contribution in [1.29, 1.82) is 0 Å². The predicted molar refractivity (Wildman–Crippen MR) is 61.4 cm³/mol. The molecule has 0 amide bonds. The molecular formula is C11H9BrN2. The van der Waals surface area contributed by atoms with Gasteiger partial charge in [-0.2, -0.15) is 0 Å². The first-order valence-electron chi connectivity index (χ1n) is 4.39. The van der Waals surface area contributed by atoms with Crippen molar-refractivity contribution in [3.8, 4) is 11.8 Å². The summed E-state index contributed by atoms with van der Waals surface area (Å²) in [5.74, 6) is 6.20. The van der Waals surface area contributed by atoms with E-state index in [9.17, 15) is 0 Å². The monoisotopic (exact) mass is 248 g/mol. The Hall–Kier alpha value is -1.27. The van der Waals surface area contributed by atoms with Gasteiger partial charge in [0.25, 0.3) is 0 Å². The number of nitrogens with one attached hydrogen (secondary N) is 1. The lowest BCUT2D eigenvalue weighted by Crippen LogP contribution is -1.74. The van der Waals surface area contributed by atoms with Crippen LogP contribution >= 0.6 is 15.9 Å². The molecular weight excluding hydrogens is 240 g/mol. The number of nitrogens with zero attached hydrogens (tertiary/aromatic N) is 1. The summed E-state index contributed by atoms with van der Waals surface area (Å²) in [7, 11) is 0. The Labute approximate surface area is 90.9 Å². The molecule has 0 radical (unpaired) electrons. The third-order valence-corrected chi connectivity index (χ3v) is 2.29. The molecule has 2 rings (SSSR count). The number of pyridine rings is 1. The standard InChI is InChI=1S/C11H9BrN2/c12-6-2-1-4-9-8-14-11-10(9)5-3-7-13-11/h3,5,7-8H,2,6H2,(H,13,14). The van der Waals surface area contributed by atoms with Crippen molar-refractivity contribution < 1.29 is 0 Å². The maximum atomic E-state index is 4.20. The molecule has 0 atom stereocenters. The quantitative estimate of drug-likeness (QED) is 0.611. The minimum absolute atomic E-state index is 0.868. The fourth-order valence-corrected chi connectivity index (χ4v) is 1.46. The second-order valence-corrected chi connectivity index (χ2v) is 3.64. The number of aromatic nitrogens is 2. The summed E-state index contributed by atoms with van der Waals surface area (Å²) < 4.78 is 0. The summed E-state index contributed by atoms with van der Waals surface area (Å²) in [5.41, 5.74) is 1.92. The van der Waals surface area contributed by atoms with E-state index in [0.29, 0.717) is 0 Å². The SMILES string of the molecule is BrCCC#Cc1c[nH]c2ncccc12.